The highest BCUT2D eigenvalue weighted by atomic mass is 16.5. The number of carbonyl (C=O) groups excluding carboxylic acids is 1. The number of aromatic amines is 1. The van der Waals surface area contributed by atoms with Crippen molar-refractivity contribution in [2.45, 2.75) is 39.2 Å². The minimum Gasteiger partial charge on any atom is -0.497 e. The van der Waals surface area contributed by atoms with Gasteiger partial charge in [-0.2, -0.15) is 0 Å². The zero-order chi connectivity index (χ0) is 18.0. The minimum absolute atomic E-state index is 0.0300. The van der Waals surface area contributed by atoms with E-state index in [4.69, 9.17) is 4.74 Å². The highest BCUT2D eigenvalue weighted by Crippen LogP contribution is 2.33. The Morgan fingerprint density at radius 2 is 2.04 bits per heavy atom. The molecule has 1 atom stereocenters. The molecule has 0 radical (unpaired) electrons. The van der Waals surface area contributed by atoms with Crippen LogP contribution in [0.4, 0.5) is 0 Å². The number of H-pyrrole nitrogens is 1. The van der Waals surface area contributed by atoms with Crippen molar-refractivity contribution in [1.82, 2.24) is 14.9 Å². The second-order valence-corrected chi connectivity index (χ2v) is 6.41. The molecule has 2 heterocycles. The maximum Gasteiger partial charge on any atom is 0.254 e. The smallest absolute Gasteiger partial charge is 0.254 e. The molecular formula is C19H23N3O3. The van der Waals surface area contributed by atoms with Gasteiger partial charge >= 0.3 is 0 Å². The number of aryl methyl sites for hydroxylation is 2. The zero-order valence-electron chi connectivity index (χ0n) is 14.8. The second kappa shape index (κ2) is 7.09. The van der Waals surface area contributed by atoms with Crippen LogP contribution in [-0.2, 0) is 11.2 Å². The summed E-state index contributed by atoms with van der Waals surface area (Å²) in [5.41, 5.74) is 1.95. The summed E-state index contributed by atoms with van der Waals surface area (Å²) in [5.74, 6) is 1.33. The van der Waals surface area contributed by atoms with E-state index in [-0.39, 0.29) is 23.9 Å². The van der Waals surface area contributed by atoms with E-state index in [9.17, 15) is 9.59 Å². The molecule has 25 heavy (non-hydrogen) atoms. The van der Waals surface area contributed by atoms with E-state index >= 15 is 0 Å². The van der Waals surface area contributed by atoms with E-state index < -0.39 is 0 Å². The van der Waals surface area contributed by atoms with Crippen LogP contribution in [0.15, 0.2) is 29.1 Å². The summed E-state index contributed by atoms with van der Waals surface area (Å²) < 4.78 is 5.20. The normalized spacial score (nSPS) is 16.9. The van der Waals surface area contributed by atoms with Gasteiger partial charge in [0.15, 0.2) is 0 Å². The summed E-state index contributed by atoms with van der Waals surface area (Å²) in [6.07, 6.45) is 1.98. The number of likely N-dealkylation sites (tertiary alicyclic amines) is 1. The quantitative estimate of drug-likeness (QED) is 0.926. The van der Waals surface area contributed by atoms with Crippen molar-refractivity contribution in [2.24, 2.45) is 0 Å². The fraction of sp³-hybridized carbons (Fsp3) is 0.421. The first-order valence-corrected chi connectivity index (χ1v) is 8.49. The van der Waals surface area contributed by atoms with E-state index in [1.54, 1.807) is 21.0 Å². The van der Waals surface area contributed by atoms with Gasteiger partial charge < -0.3 is 14.6 Å². The van der Waals surface area contributed by atoms with Gasteiger partial charge in [-0.25, -0.2) is 4.98 Å². The van der Waals surface area contributed by atoms with Gasteiger partial charge in [-0.3, -0.25) is 9.59 Å². The Balaban J connectivity index is 1.80. The van der Waals surface area contributed by atoms with Crippen LogP contribution in [-0.4, -0.2) is 34.4 Å². The van der Waals surface area contributed by atoms with Gasteiger partial charge in [0, 0.05) is 17.8 Å². The number of aromatic nitrogens is 2. The predicted octanol–water partition coefficient (Wildman–Crippen LogP) is 2.30. The lowest BCUT2D eigenvalue weighted by Crippen LogP contribution is -2.34. The van der Waals surface area contributed by atoms with Crippen molar-refractivity contribution in [1.29, 1.82) is 0 Å². The number of hydrogen-bond donors (Lipinski definition) is 1. The number of carbonyl (C=O) groups is 1. The molecule has 1 unspecified atom stereocenters. The van der Waals surface area contributed by atoms with Crippen LogP contribution in [0.1, 0.15) is 41.5 Å². The van der Waals surface area contributed by atoms with Gasteiger partial charge in [0.2, 0.25) is 5.91 Å². The number of benzene rings is 1. The van der Waals surface area contributed by atoms with E-state index in [0.717, 1.165) is 24.2 Å². The van der Waals surface area contributed by atoms with Gasteiger partial charge in [-0.1, -0.05) is 12.1 Å². The highest BCUT2D eigenvalue weighted by Gasteiger charge is 2.30. The number of amides is 1. The molecule has 0 aliphatic carbocycles. The molecule has 0 bridgehead atoms. The summed E-state index contributed by atoms with van der Waals surface area (Å²) in [6.45, 7) is 4.22. The Morgan fingerprint density at radius 1 is 1.32 bits per heavy atom. The van der Waals surface area contributed by atoms with Crippen LogP contribution in [0.3, 0.4) is 0 Å². The molecule has 0 spiro atoms. The first kappa shape index (κ1) is 17.2. The second-order valence-electron chi connectivity index (χ2n) is 6.41. The van der Waals surface area contributed by atoms with Crippen LogP contribution >= 0.6 is 0 Å². The first-order valence-electron chi connectivity index (χ1n) is 8.49. The molecule has 2 aromatic rings. The average molecular weight is 341 g/mol. The van der Waals surface area contributed by atoms with Crippen LogP contribution < -0.4 is 10.3 Å². The van der Waals surface area contributed by atoms with Crippen molar-refractivity contribution in [3.05, 3.63) is 57.3 Å². The van der Waals surface area contributed by atoms with Gasteiger partial charge in [0.05, 0.1) is 19.6 Å². The lowest BCUT2D eigenvalue weighted by atomic mass is 10.0. The van der Waals surface area contributed by atoms with E-state index in [0.29, 0.717) is 23.6 Å². The van der Waals surface area contributed by atoms with E-state index in [2.05, 4.69) is 9.97 Å². The van der Waals surface area contributed by atoms with Crippen molar-refractivity contribution < 1.29 is 9.53 Å². The van der Waals surface area contributed by atoms with E-state index in [1.807, 2.05) is 29.2 Å². The molecule has 1 N–H and O–H groups in total. The monoisotopic (exact) mass is 341 g/mol. The summed E-state index contributed by atoms with van der Waals surface area (Å²) in [6, 6.07) is 7.88. The Hall–Kier alpha value is -2.63. The van der Waals surface area contributed by atoms with E-state index in [1.165, 1.54) is 0 Å². The first-order chi connectivity index (χ1) is 12.0. The Labute approximate surface area is 146 Å². The van der Waals surface area contributed by atoms with Crippen molar-refractivity contribution in [3.8, 4) is 5.75 Å². The van der Waals surface area contributed by atoms with Crippen LogP contribution in [0.5, 0.6) is 5.75 Å². The lowest BCUT2D eigenvalue weighted by molar-refractivity contribution is -0.131. The topological polar surface area (TPSA) is 75.3 Å². The molecule has 1 amide bonds. The van der Waals surface area contributed by atoms with Gasteiger partial charge in [-0.15, -0.1) is 0 Å². The standard InChI is InChI=1S/C19H23N3O3/c1-12-16(19(24)21-13(2)20-12)11-18(23)22-10-4-5-17(22)14-6-8-15(25-3)9-7-14/h6-9,17H,4-5,10-11H2,1-3H3,(H,20,21,24). The number of ether oxygens (including phenoxy) is 1. The lowest BCUT2D eigenvalue weighted by Gasteiger charge is -2.25. The van der Waals surface area contributed by atoms with Crippen LogP contribution in [0, 0.1) is 13.8 Å². The van der Waals surface area contributed by atoms with Gasteiger partial charge in [0.25, 0.3) is 5.56 Å². The third-order valence-corrected chi connectivity index (χ3v) is 4.74. The third-order valence-electron chi connectivity index (χ3n) is 4.74. The summed E-state index contributed by atoms with van der Waals surface area (Å²) >= 11 is 0. The fourth-order valence-electron chi connectivity index (χ4n) is 3.45. The van der Waals surface area contributed by atoms with Crippen molar-refractivity contribution in [3.63, 3.8) is 0 Å². The highest BCUT2D eigenvalue weighted by molar-refractivity contribution is 5.79. The Kier molecular flexibility index (Phi) is 4.88. The fourth-order valence-corrected chi connectivity index (χ4v) is 3.45. The summed E-state index contributed by atoms with van der Waals surface area (Å²) in [4.78, 5) is 33.8. The van der Waals surface area contributed by atoms with Crippen molar-refractivity contribution >= 4 is 5.91 Å². The van der Waals surface area contributed by atoms with Crippen LogP contribution in [0.25, 0.3) is 0 Å². The largest absolute Gasteiger partial charge is 0.497 e. The summed E-state index contributed by atoms with van der Waals surface area (Å²) in [7, 11) is 1.63. The maximum atomic E-state index is 12.8. The van der Waals surface area contributed by atoms with Crippen molar-refractivity contribution in [2.75, 3.05) is 13.7 Å². The SMILES string of the molecule is COc1ccc(C2CCCN2C(=O)Cc2c(C)nc(C)[nH]c2=O)cc1. The number of rotatable bonds is 4. The summed E-state index contributed by atoms with van der Waals surface area (Å²) in [5, 5.41) is 0. The van der Waals surface area contributed by atoms with Gasteiger partial charge in [-0.05, 0) is 44.4 Å². The third kappa shape index (κ3) is 3.57. The molecule has 1 aliphatic rings. The molecule has 1 aliphatic heterocycles. The number of nitrogens with one attached hydrogen (secondary N) is 1. The maximum absolute atomic E-state index is 12.8. The molecule has 1 fully saturated rings. The minimum atomic E-state index is -0.224. The zero-order valence-corrected chi connectivity index (χ0v) is 14.8. The molecule has 1 aromatic heterocycles. The number of nitrogens with zero attached hydrogens (tertiary/aromatic N) is 2. The molecule has 6 heteroatoms. The molecule has 6 nitrogen and oxygen atoms in total. The molecule has 132 valence electrons. The Morgan fingerprint density at radius 3 is 2.68 bits per heavy atom. The molecule has 3 rings (SSSR count). The molecule has 1 aromatic carbocycles. The predicted molar refractivity (Wildman–Crippen MR) is 94.7 cm³/mol. The number of methoxy groups -OCH3 is 1. The molecular weight excluding hydrogens is 318 g/mol. The molecule has 0 saturated carbocycles. The Bertz CT molecular complexity index is 827. The number of hydrogen-bond acceptors (Lipinski definition) is 4. The average Bonchev–Trinajstić information content (AvgIpc) is 3.07. The van der Waals surface area contributed by atoms with Gasteiger partial charge in [0.1, 0.15) is 11.6 Å². The molecule has 1 saturated heterocycles. The van der Waals surface area contributed by atoms with Crippen LogP contribution in [0.2, 0.25) is 0 Å².